The number of carbonyl (C=O) groups excluding carboxylic acids is 1. The molecule has 21 heavy (non-hydrogen) atoms. The molecule has 1 heterocycles. The van der Waals surface area contributed by atoms with Crippen molar-refractivity contribution in [2.45, 2.75) is 51.7 Å². The predicted molar refractivity (Wildman–Crippen MR) is 86.5 cm³/mol. The highest BCUT2D eigenvalue weighted by Gasteiger charge is 2.36. The summed E-state index contributed by atoms with van der Waals surface area (Å²) in [7, 11) is 0. The summed E-state index contributed by atoms with van der Waals surface area (Å²) in [4.78, 5) is 16.6. The lowest BCUT2D eigenvalue weighted by Crippen LogP contribution is -2.57. The number of para-hydroxylation sites is 1. The first-order valence-electron chi connectivity index (χ1n) is 7.07. The van der Waals surface area contributed by atoms with Gasteiger partial charge >= 0.3 is 0 Å². The van der Waals surface area contributed by atoms with Crippen LogP contribution < -0.4 is 5.32 Å². The second-order valence-electron chi connectivity index (χ2n) is 6.31. The smallest absolute Gasteiger partial charge is 0.220 e. The van der Waals surface area contributed by atoms with E-state index in [1.165, 1.54) is 0 Å². The number of rotatable bonds is 5. The molecule has 1 amide bonds. The number of hydrogen-bond acceptors (Lipinski definition) is 4. The summed E-state index contributed by atoms with van der Waals surface area (Å²) in [5.41, 5.74) is -0.661. The van der Waals surface area contributed by atoms with Gasteiger partial charge in [0.05, 0.1) is 26.4 Å². The third kappa shape index (κ3) is 3.80. The van der Waals surface area contributed by atoms with E-state index in [1.54, 1.807) is 25.2 Å². The summed E-state index contributed by atoms with van der Waals surface area (Å²) in [5.74, 6) is -0.0682. The zero-order valence-corrected chi connectivity index (χ0v) is 13.8. The first-order valence-corrected chi connectivity index (χ1v) is 7.88. The Hall–Kier alpha value is -1.46. The minimum absolute atomic E-state index is 0.0682. The molecule has 0 saturated carbocycles. The molecule has 0 bridgehead atoms. The number of aliphatic hydroxyl groups is 1. The van der Waals surface area contributed by atoms with Crippen molar-refractivity contribution in [1.82, 2.24) is 10.3 Å². The predicted octanol–water partition coefficient (Wildman–Crippen LogP) is 2.89. The van der Waals surface area contributed by atoms with Crippen molar-refractivity contribution in [3.63, 3.8) is 0 Å². The maximum atomic E-state index is 12.0. The van der Waals surface area contributed by atoms with Crippen LogP contribution in [-0.2, 0) is 11.2 Å². The molecule has 1 aromatic carbocycles. The number of thiazole rings is 1. The average molecular weight is 306 g/mol. The Morgan fingerprint density at radius 1 is 1.29 bits per heavy atom. The maximum absolute atomic E-state index is 12.0. The zero-order valence-electron chi connectivity index (χ0n) is 12.9. The van der Waals surface area contributed by atoms with Crippen molar-refractivity contribution in [3.05, 3.63) is 29.3 Å². The Labute approximate surface area is 129 Å². The molecule has 0 spiro atoms. The molecule has 4 nitrogen and oxygen atoms in total. The number of nitrogens with one attached hydrogen (secondary N) is 1. The number of hydrogen-bond donors (Lipinski definition) is 2. The van der Waals surface area contributed by atoms with Crippen molar-refractivity contribution in [2.75, 3.05) is 0 Å². The summed E-state index contributed by atoms with van der Waals surface area (Å²) in [6, 6.07) is 7.97. The van der Waals surface area contributed by atoms with Gasteiger partial charge in [-0.2, -0.15) is 0 Å². The molecule has 0 aliphatic carbocycles. The van der Waals surface area contributed by atoms with Gasteiger partial charge in [-0.1, -0.05) is 12.1 Å². The van der Waals surface area contributed by atoms with Gasteiger partial charge in [-0.25, -0.2) is 4.98 Å². The Morgan fingerprint density at radius 2 is 1.95 bits per heavy atom. The number of amides is 1. The van der Waals surface area contributed by atoms with Crippen LogP contribution in [0.5, 0.6) is 0 Å². The van der Waals surface area contributed by atoms with Crippen LogP contribution in [0.1, 0.15) is 39.1 Å². The highest BCUT2D eigenvalue weighted by molar-refractivity contribution is 7.18. The number of aromatic nitrogens is 1. The molecular formula is C16H22N2O2S. The van der Waals surface area contributed by atoms with E-state index in [0.29, 0.717) is 12.8 Å². The molecular weight excluding hydrogens is 284 g/mol. The second-order valence-corrected chi connectivity index (χ2v) is 7.42. The number of benzene rings is 1. The van der Waals surface area contributed by atoms with Gasteiger partial charge in [-0.15, -0.1) is 11.3 Å². The van der Waals surface area contributed by atoms with Crippen LogP contribution in [0.2, 0.25) is 0 Å². The summed E-state index contributed by atoms with van der Waals surface area (Å²) >= 11 is 1.62. The van der Waals surface area contributed by atoms with Gasteiger partial charge in [-0.05, 0) is 39.8 Å². The lowest BCUT2D eigenvalue weighted by Gasteiger charge is -2.38. The van der Waals surface area contributed by atoms with E-state index >= 15 is 0 Å². The molecule has 0 aliphatic heterocycles. The Bertz CT molecular complexity index is 608. The lowest BCUT2D eigenvalue weighted by atomic mass is 9.86. The molecule has 114 valence electrons. The van der Waals surface area contributed by atoms with Crippen LogP contribution in [0.15, 0.2) is 24.3 Å². The molecule has 0 fully saturated rings. The van der Waals surface area contributed by atoms with Gasteiger partial charge in [0.25, 0.3) is 0 Å². The number of fused-ring (bicyclic) bond motifs is 1. The summed E-state index contributed by atoms with van der Waals surface area (Å²) < 4.78 is 1.14. The van der Waals surface area contributed by atoms with Crippen LogP contribution in [0.4, 0.5) is 0 Å². The second kappa shape index (κ2) is 5.73. The molecule has 0 atom stereocenters. The fraction of sp³-hybridized carbons (Fsp3) is 0.500. The normalized spacial score (nSPS) is 12.6. The molecule has 0 aliphatic rings. The third-order valence-electron chi connectivity index (χ3n) is 3.89. The molecule has 1 aromatic heterocycles. The average Bonchev–Trinajstić information content (AvgIpc) is 2.77. The summed E-state index contributed by atoms with van der Waals surface area (Å²) in [6.07, 6.45) is 0.993. The zero-order chi connectivity index (χ0) is 15.7. The fourth-order valence-corrected chi connectivity index (χ4v) is 2.78. The van der Waals surface area contributed by atoms with E-state index in [0.717, 1.165) is 15.2 Å². The first-order chi connectivity index (χ1) is 9.69. The number of carbonyl (C=O) groups is 1. The Morgan fingerprint density at radius 3 is 2.57 bits per heavy atom. The van der Waals surface area contributed by atoms with Gasteiger partial charge in [0.1, 0.15) is 0 Å². The van der Waals surface area contributed by atoms with Crippen molar-refractivity contribution < 1.29 is 9.90 Å². The van der Waals surface area contributed by atoms with Gasteiger partial charge < -0.3 is 10.4 Å². The number of nitrogens with zero attached hydrogens (tertiary/aromatic N) is 1. The van der Waals surface area contributed by atoms with E-state index < -0.39 is 11.1 Å². The van der Waals surface area contributed by atoms with Crippen LogP contribution in [0, 0.1) is 0 Å². The maximum Gasteiger partial charge on any atom is 0.220 e. The molecule has 2 N–H and O–H groups in total. The highest BCUT2D eigenvalue weighted by Crippen LogP contribution is 2.23. The molecule has 5 heteroatoms. The SMILES string of the molecule is CC(C)(O)C(C)(C)NC(=O)CCc1nc2ccccc2s1. The van der Waals surface area contributed by atoms with Crippen molar-refractivity contribution in [3.8, 4) is 0 Å². The largest absolute Gasteiger partial charge is 0.388 e. The highest BCUT2D eigenvalue weighted by atomic mass is 32.1. The van der Waals surface area contributed by atoms with Crippen LogP contribution in [0.3, 0.4) is 0 Å². The van der Waals surface area contributed by atoms with Gasteiger partial charge in [0, 0.05) is 12.8 Å². The van der Waals surface area contributed by atoms with Gasteiger partial charge in [0.2, 0.25) is 5.91 Å². The Kier molecular flexibility index (Phi) is 4.35. The molecule has 2 aromatic rings. The molecule has 2 rings (SSSR count). The number of aryl methyl sites for hydroxylation is 1. The van der Waals surface area contributed by atoms with Crippen molar-refractivity contribution >= 4 is 27.5 Å². The minimum atomic E-state index is -0.974. The first kappa shape index (κ1) is 15.9. The van der Waals surface area contributed by atoms with Gasteiger partial charge in [-0.3, -0.25) is 4.79 Å². The van der Waals surface area contributed by atoms with E-state index in [1.807, 2.05) is 38.1 Å². The van der Waals surface area contributed by atoms with Gasteiger partial charge in [0.15, 0.2) is 0 Å². The van der Waals surface area contributed by atoms with E-state index in [2.05, 4.69) is 10.3 Å². The third-order valence-corrected chi connectivity index (χ3v) is 4.98. The van der Waals surface area contributed by atoms with E-state index in [-0.39, 0.29) is 5.91 Å². The molecule has 0 unspecified atom stereocenters. The van der Waals surface area contributed by atoms with Crippen LogP contribution in [-0.4, -0.2) is 27.1 Å². The van der Waals surface area contributed by atoms with Crippen molar-refractivity contribution in [2.24, 2.45) is 0 Å². The van der Waals surface area contributed by atoms with Crippen LogP contribution in [0.25, 0.3) is 10.2 Å². The quantitative estimate of drug-likeness (QED) is 0.893. The van der Waals surface area contributed by atoms with Crippen molar-refractivity contribution in [1.29, 1.82) is 0 Å². The molecule has 0 saturated heterocycles. The standard InChI is InChI=1S/C16H22N2O2S/c1-15(2,16(3,4)20)18-13(19)9-10-14-17-11-7-5-6-8-12(11)21-14/h5-8,20H,9-10H2,1-4H3,(H,18,19). The monoisotopic (exact) mass is 306 g/mol. The van der Waals surface area contributed by atoms with E-state index in [4.69, 9.17) is 0 Å². The summed E-state index contributed by atoms with van der Waals surface area (Å²) in [5, 5.41) is 13.9. The fourth-order valence-electron chi connectivity index (χ4n) is 1.81. The topological polar surface area (TPSA) is 62.2 Å². The van der Waals surface area contributed by atoms with Crippen LogP contribution >= 0.6 is 11.3 Å². The Balaban J connectivity index is 1.95. The minimum Gasteiger partial charge on any atom is -0.388 e. The molecule has 0 radical (unpaired) electrons. The lowest BCUT2D eigenvalue weighted by molar-refractivity contribution is -0.126. The van der Waals surface area contributed by atoms with E-state index in [9.17, 15) is 9.90 Å². The summed E-state index contributed by atoms with van der Waals surface area (Å²) in [6.45, 7) is 7.03.